The molecular weight excluding hydrogens is 218 g/mol. The Balaban J connectivity index is 2.40. The Morgan fingerprint density at radius 2 is 1.81 bits per heavy atom. The molecule has 0 radical (unpaired) electrons. The first-order valence-corrected chi connectivity index (χ1v) is 6.73. The van der Waals surface area contributed by atoms with E-state index in [1.165, 1.54) is 0 Å². The normalized spacial score (nSPS) is 12.4. The summed E-state index contributed by atoms with van der Waals surface area (Å²) in [4.78, 5) is 0. The molecule has 0 aromatic carbocycles. The highest BCUT2D eigenvalue weighted by Gasteiger charge is 2.14. The molecule has 0 saturated heterocycles. The van der Waals surface area contributed by atoms with E-state index in [1.807, 2.05) is 0 Å². The molecule has 1 heterocycles. The lowest BCUT2D eigenvalue weighted by Crippen LogP contribution is -2.24. The van der Waals surface area contributed by atoms with E-state index < -0.39 is 0 Å². The maximum absolute atomic E-state index is 4.24. The minimum absolute atomic E-state index is 0.299. The van der Waals surface area contributed by atoms with Crippen molar-refractivity contribution in [1.29, 1.82) is 0 Å². The molecule has 0 spiro atoms. The van der Waals surface area contributed by atoms with E-state index in [0.717, 1.165) is 29.4 Å². The van der Waals surface area contributed by atoms with Gasteiger partial charge in [0.1, 0.15) is 10.0 Å². The molecule has 0 unspecified atom stereocenters. The molecule has 3 nitrogen and oxygen atoms in total. The summed E-state index contributed by atoms with van der Waals surface area (Å²) in [5.41, 5.74) is 0.299. The third-order valence-corrected chi connectivity index (χ3v) is 3.06. The van der Waals surface area contributed by atoms with Gasteiger partial charge in [0.2, 0.25) is 0 Å². The van der Waals surface area contributed by atoms with E-state index in [4.69, 9.17) is 0 Å². The van der Waals surface area contributed by atoms with E-state index in [9.17, 15) is 0 Å². The first-order valence-electron chi connectivity index (χ1n) is 5.91. The Hall–Kier alpha value is -0.480. The van der Waals surface area contributed by atoms with Crippen LogP contribution in [0, 0.1) is 5.41 Å². The van der Waals surface area contributed by atoms with Gasteiger partial charge in [0.05, 0.1) is 0 Å². The fourth-order valence-corrected chi connectivity index (χ4v) is 2.53. The van der Waals surface area contributed by atoms with Crippen LogP contribution in [0.4, 0.5) is 0 Å². The van der Waals surface area contributed by atoms with Gasteiger partial charge in [-0.2, -0.15) is 0 Å². The van der Waals surface area contributed by atoms with Crippen molar-refractivity contribution >= 4 is 11.3 Å². The van der Waals surface area contributed by atoms with Crippen molar-refractivity contribution in [2.45, 2.75) is 53.5 Å². The van der Waals surface area contributed by atoms with Crippen molar-refractivity contribution in [3.05, 3.63) is 10.0 Å². The average Bonchev–Trinajstić information content (AvgIpc) is 2.48. The lowest BCUT2D eigenvalue weighted by atomic mass is 9.93. The second-order valence-electron chi connectivity index (χ2n) is 5.69. The lowest BCUT2D eigenvalue weighted by Gasteiger charge is -2.14. The molecule has 4 heteroatoms. The van der Waals surface area contributed by atoms with Crippen molar-refractivity contribution < 1.29 is 0 Å². The SMILES string of the molecule is CC(C)NCCc1nnc(CC(C)(C)C)s1. The zero-order chi connectivity index (χ0) is 12.2. The average molecular weight is 241 g/mol. The number of hydrogen-bond acceptors (Lipinski definition) is 4. The topological polar surface area (TPSA) is 37.8 Å². The van der Waals surface area contributed by atoms with Crippen LogP contribution in [0.3, 0.4) is 0 Å². The number of hydrogen-bond donors (Lipinski definition) is 1. The third-order valence-electron chi connectivity index (χ3n) is 2.08. The molecule has 0 aliphatic rings. The molecular formula is C12H23N3S. The molecule has 0 fully saturated rings. The fraction of sp³-hybridized carbons (Fsp3) is 0.833. The van der Waals surface area contributed by atoms with Gasteiger partial charge in [-0.3, -0.25) is 0 Å². The van der Waals surface area contributed by atoms with Crippen LogP contribution < -0.4 is 5.32 Å². The number of aromatic nitrogens is 2. The summed E-state index contributed by atoms with van der Waals surface area (Å²) in [7, 11) is 0. The van der Waals surface area contributed by atoms with Crippen LogP contribution in [0.25, 0.3) is 0 Å². The predicted octanol–water partition coefficient (Wildman–Crippen LogP) is 2.67. The predicted molar refractivity (Wildman–Crippen MR) is 69.9 cm³/mol. The van der Waals surface area contributed by atoms with Gasteiger partial charge in [0, 0.05) is 25.4 Å². The summed E-state index contributed by atoms with van der Waals surface area (Å²) in [6.45, 7) is 12.0. The molecule has 1 aromatic heterocycles. The number of nitrogens with zero attached hydrogens (tertiary/aromatic N) is 2. The van der Waals surface area contributed by atoms with Crippen LogP contribution in [-0.4, -0.2) is 22.8 Å². The van der Waals surface area contributed by atoms with Crippen molar-refractivity contribution in [2.24, 2.45) is 5.41 Å². The highest BCUT2D eigenvalue weighted by molar-refractivity contribution is 7.11. The number of rotatable bonds is 5. The first-order chi connectivity index (χ1) is 7.37. The summed E-state index contributed by atoms with van der Waals surface area (Å²) in [6.07, 6.45) is 2.00. The van der Waals surface area contributed by atoms with Crippen molar-refractivity contribution in [1.82, 2.24) is 15.5 Å². The van der Waals surface area contributed by atoms with Crippen LogP contribution in [0.15, 0.2) is 0 Å². The van der Waals surface area contributed by atoms with Crippen LogP contribution >= 0.6 is 11.3 Å². The standard InChI is InChI=1S/C12H23N3S/c1-9(2)13-7-6-10-14-15-11(16-10)8-12(3,4)5/h9,13H,6-8H2,1-5H3. The summed E-state index contributed by atoms with van der Waals surface area (Å²) in [6, 6.07) is 0.543. The molecule has 0 amide bonds. The van der Waals surface area contributed by atoms with Gasteiger partial charge in [0.15, 0.2) is 0 Å². The van der Waals surface area contributed by atoms with Gasteiger partial charge in [-0.25, -0.2) is 0 Å². The quantitative estimate of drug-likeness (QED) is 0.861. The summed E-state index contributed by atoms with van der Waals surface area (Å²) in [5.74, 6) is 0. The van der Waals surface area contributed by atoms with Crippen molar-refractivity contribution in [3.8, 4) is 0 Å². The molecule has 0 aliphatic heterocycles. The summed E-state index contributed by atoms with van der Waals surface area (Å²) in [5, 5.41) is 14.2. The Morgan fingerprint density at radius 1 is 1.19 bits per heavy atom. The van der Waals surface area contributed by atoms with Crippen LogP contribution in [0.5, 0.6) is 0 Å². The van der Waals surface area contributed by atoms with Gasteiger partial charge in [-0.05, 0) is 5.41 Å². The minimum Gasteiger partial charge on any atom is -0.314 e. The minimum atomic E-state index is 0.299. The summed E-state index contributed by atoms with van der Waals surface area (Å²) >= 11 is 1.75. The second-order valence-corrected chi connectivity index (χ2v) is 6.83. The maximum Gasteiger partial charge on any atom is 0.118 e. The molecule has 1 rings (SSSR count). The second kappa shape index (κ2) is 5.73. The molecule has 0 bridgehead atoms. The zero-order valence-electron chi connectivity index (χ0n) is 11.0. The van der Waals surface area contributed by atoms with Gasteiger partial charge in [-0.15, -0.1) is 21.5 Å². The smallest absolute Gasteiger partial charge is 0.118 e. The Morgan fingerprint density at radius 3 is 2.38 bits per heavy atom. The Bertz CT molecular complexity index is 312. The highest BCUT2D eigenvalue weighted by atomic mass is 32.1. The van der Waals surface area contributed by atoms with Gasteiger partial charge in [-0.1, -0.05) is 34.6 Å². The fourth-order valence-electron chi connectivity index (χ4n) is 1.38. The molecule has 0 saturated carbocycles. The monoisotopic (exact) mass is 241 g/mol. The Kier molecular flexibility index (Phi) is 4.87. The first kappa shape index (κ1) is 13.6. The Labute approximate surface area is 103 Å². The third kappa shape index (κ3) is 5.56. The lowest BCUT2D eigenvalue weighted by molar-refractivity contribution is 0.409. The van der Waals surface area contributed by atoms with E-state index in [2.05, 4.69) is 50.1 Å². The van der Waals surface area contributed by atoms with Crippen LogP contribution in [-0.2, 0) is 12.8 Å². The van der Waals surface area contributed by atoms with Gasteiger partial charge < -0.3 is 5.32 Å². The molecule has 0 atom stereocenters. The van der Waals surface area contributed by atoms with Crippen LogP contribution in [0.1, 0.15) is 44.6 Å². The van der Waals surface area contributed by atoms with E-state index in [0.29, 0.717) is 11.5 Å². The van der Waals surface area contributed by atoms with Crippen molar-refractivity contribution in [3.63, 3.8) is 0 Å². The van der Waals surface area contributed by atoms with E-state index >= 15 is 0 Å². The zero-order valence-corrected chi connectivity index (χ0v) is 11.8. The van der Waals surface area contributed by atoms with E-state index in [1.54, 1.807) is 11.3 Å². The van der Waals surface area contributed by atoms with Gasteiger partial charge in [0.25, 0.3) is 0 Å². The van der Waals surface area contributed by atoms with E-state index in [-0.39, 0.29) is 0 Å². The molecule has 0 aliphatic carbocycles. The molecule has 1 aromatic rings. The van der Waals surface area contributed by atoms with Gasteiger partial charge >= 0.3 is 0 Å². The highest BCUT2D eigenvalue weighted by Crippen LogP contribution is 2.22. The molecule has 1 N–H and O–H groups in total. The maximum atomic E-state index is 4.24. The number of nitrogens with one attached hydrogen (secondary N) is 1. The largest absolute Gasteiger partial charge is 0.314 e. The summed E-state index contributed by atoms with van der Waals surface area (Å²) < 4.78 is 0. The van der Waals surface area contributed by atoms with Crippen LogP contribution in [0.2, 0.25) is 0 Å². The van der Waals surface area contributed by atoms with Crippen molar-refractivity contribution in [2.75, 3.05) is 6.54 Å². The molecule has 92 valence electrons. The molecule has 16 heavy (non-hydrogen) atoms.